The van der Waals surface area contributed by atoms with E-state index < -0.39 is 0 Å². The zero-order chi connectivity index (χ0) is 22.6. The molecule has 5 rings (SSSR count). The summed E-state index contributed by atoms with van der Waals surface area (Å²) in [5.41, 5.74) is 4.27. The Morgan fingerprint density at radius 2 is 1.88 bits per heavy atom. The first kappa shape index (κ1) is 21.4. The van der Waals surface area contributed by atoms with Crippen molar-refractivity contribution in [2.24, 2.45) is 0 Å². The van der Waals surface area contributed by atoms with Crippen molar-refractivity contribution in [1.29, 1.82) is 0 Å². The highest BCUT2D eigenvalue weighted by molar-refractivity contribution is 5.88. The summed E-state index contributed by atoms with van der Waals surface area (Å²) in [5.74, 6) is 1.22. The number of H-pyrrole nitrogens is 1. The molecule has 1 amide bonds. The van der Waals surface area contributed by atoms with Crippen molar-refractivity contribution < 1.29 is 14.1 Å². The van der Waals surface area contributed by atoms with Crippen LogP contribution in [-0.2, 0) is 29.1 Å². The van der Waals surface area contributed by atoms with E-state index in [1.54, 1.807) is 7.11 Å². The van der Waals surface area contributed by atoms with Crippen LogP contribution in [0, 0.1) is 0 Å². The molecule has 1 fully saturated rings. The summed E-state index contributed by atoms with van der Waals surface area (Å²) < 4.78 is 10.2. The molecule has 1 N–H and O–H groups in total. The number of nitrogens with zero attached hydrogens (tertiary/aromatic N) is 4. The number of aromatic amines is 1. The Balaban J connectivity index is 1.13. The van der Waals surface area contributed by atoms with Crippen LogP contribution in [0.3, 0.4) is 0 Å². The van der Waals surface area contributed by atoms with Gasteiger partial charge in [-0.2, -0.15) is 4.98 Å². The average molecular weight is 446 g/mol. The van der Waals surface area contributed by atoms with Crippen LogP contribution in [0.2, 0.25) is 0 Å². The zero-order valence-corrected chi connectivity index (χ0v) is 18.7. The molecule has 170 valence electrons. The highest BCUT2D eigenvalue weighted by atomic mass is 16.5. The van der Waals surface area contributed by atoms with Gasteiger partial charge in [0.15, 0.2) is 0 Å². The van der Waals surface area contributed by atoms with E-state index in [2.05, 4.69) is 38.2 Å². The van der Waals surface area contributed by atoms with Crippen LogP contribution in [0.4, 0.5) is 0 Å². The van der Waals surface area contributed by atoms with Crippen LogP contribution >= 0.6 is 0 Å². The van der Waals surface area contributed by atoms with E-state index in [-0.39, 0.29) is 5.91 Å². The maximum absolute atomic E-state index is 12.9. The van der Waals surface area contributed by atoms with E-state index in [1.807, 2.05) is 41.4 Å². The molecule has 8 nitrogen and oxygen atoms in total. The molecule has 2 aromatic heterocycles. The molecule has 1 aliphatic rings. The van der Waals surface area contributed by atoms with Gasteiger partial charge in [0.1, 0.15) is 6.61 Å². The summed E-state index contributed by atoms with van der Waals surface area (Å²) >= 11 is 0. The Labute approximate surface area is 192 Å². The highest BCUT2D eigenvalue weighted by Gasteiger charge is 2.22. The first-order valence-electron chi connectivity index (χ1n) is 11.2. The lowest BCUT2D eigenvalue weighted by Gasteiger charge is -2.34. The van der Waals surface area contributed by atoms with Crippen LogP contribution in [-0.4, -0.2) is 64.1 Å². The number of hydrogen-bond donors (Lipinski definition) is 1. The SMILES string of the molecule is COCc1nc(-c2ccc(CN3CCN(C(=O)Cc4c[nH]c5ccccc45)CC3)cc2)no1. The van der Waals surface area contributed by atoms with Gasteiger partial charge in [-0.25, -0.2) is 0 Å². The molecular formula is C25H27N5O3. The molecule has 0 spiro atoms. The van der Waals surface area contributed by atoms with Crippen molar-refractivity contribution in [3.63, 3.8) is 0 Å². The minimum Gasteiger partial charge on any atom is -0.375 e. The number of fused-ring (bicyclic) bond motifs is 1. The van der Waals surface area contributed by atoms with Crippen molar-refractivity contribution in [3.8, 4) is 11.4 Å². The summed E-state index contributed by atoms with van der Waals surface area (Å²) in [7, 11) is 1.60. The molecule has 0 saturated carbocycles. The van der Waals surface area contributed by atoms with Gasteiger partial charge in [-0.15, -0.1) is 0 Å². The Morgan fingerprint density at radius 3 is 2.67 bits per heavy atom. The largest absolute Gasteiger partial charge is 0.375 e. The third-order valence-electron chi connectivity index (χ3n) is 6.10. The lowest BCUT2D eigenvalue weighted by molar-refractivity contribution is -0.132. The first-order valence-corrected chi connectivity index (χ1v) is 11.2. The Morgan fingerprint density at radius 1 is 1.09 bits per heavy atom. The predicted octanol–water partition coefficient (Wildman–Crippen LogP) is 3.25. The third-order valence-corrected chi connectivity index (χ3v) is 6.10. The highest BCUT2D eigenvalue weighted by Crippen LogP contribution is 2.20. The van der Waals surface area contributed by atoms with E-state index in [0.717, 1.165) is 54.8 Å². The lowest BCUT2D eigenvalue weighted by atomic mass is 10.1. The standard InChI is InChI=1S/C25H27N5O3/c1-32-17-23-27-25(28-33-23)19-8-6-18(7-9-19)16-29-10-12-30(13-11-29)24(31)14-20-15-26-22-5-3-2-4-21(20)22/h2-9,15,26H,10-14,16-17H2,1H3. The van der Waals surface area contributed by atoms with Crippen molar-refractivity contribution in [3.05, 3.63) is 71.7 Å². The van der Waals surface area contributed by atoms with Gasteiger partial charge < -0.3 is 19.1 Å². The second kappa shape index (κ2) is 9.56. The number of hydrogen-bond acceptors (Lipinski definition) is 6. The molecule has 1 saturated heterocycles. The minimum atomic E-state index is 0.191. The van der Waals surface area contributed by atoms with Gasteiger partial charge >= 0.3 is 0 Å². The maximum Gasteiger partial charge on any atom is 0.252 e. The topological polar surface area (TPSA) is 87.5 Å². The number of amides is 1. The lowest BCUT2D eigenvalue weighted by Crippen LogP contribution is -2.48. The van der Waals surface area contributed by atoms with Gasteiger partial charge in [0.2, 0.25) is 11.7 Å². The molecule has 0 unspecified atom stereocenters. The molecule has 4 aromatic rings. The first-order chi connectivity index (χ1) is 16.2. The van der Waals surface area contributed by atoms with Crippen LogP contribution in [0.5, 0.6) is 0 Å². The van der Waals surface area contributed by atoms with E-state index in [9.17, 15) is 4.79 Å². The van der Waals surface area contributed by atoms with Gasteiger partial charge in [0, 0.05) is 62.5 Å². The molecule has 33 heavy (non-hydrogen) atoms. The van der Waals surface area contributed by atoms with Crippen LogP contribution in [0.1, 0.15) is 17.0 Å². The Hall–Kier alpha value is -3.49. The van der Waals surface area contributed by atoms with Gasteiger partial charge in [-0.3, -0.25) is 9.69 Å². The van der Waals surface area contributed by atoms with Crippen LogP contribution in [0.15, 0.2) is 59.3 Å². The van der Waals surface area contributed by atoms with Crippen molar-refractivity contribution in [1.82, 2.24) is 24.9 Å². The van der Waals surface area contributed by atoms with Crippen molar-refractivity contribution in [2.75, 3.05) is 33.3 Å². The number of carbonyl (C=O) groups excluding carboxylic acids is 1. The average Bonchev–Trinajstić information content (AvgIpc) is 3.48. The number of benzene rings is 2. The number of carbonyl (C=O) groups is 1. The third kappa shape index (κ3) is 4.81. The van der Waals surface area contributed by atoms with E-state index >= 15 is 0 Å². The minimum absolute atomic E-state index is 0.191. The van der Waals surface area contributed by atoms with Crippen molar-refractivity contribution in [2.45, 2.75) is 19.6 Å². The zero-order valence-electron chi connectivity index (χ0n) is 18.7. The van der Waals surface area contributed by atoms with Crippen LogP contribution < -0.4 is 0 Å². The molecule has 2 aromatic carbocycles. The second-order valence-corrected chi connectivity index (χ2v) is 8.33. The van der Waals surface area contributed by atoms with Crippen LogP contribution in [0.25, 0.3) is 22.3 Å². The van der Waals surface area contributed by atoms with Gasteiger partial charge in [0.25, 0.3) is 5.89 Å². The predicted molar refractivity (Wildman–Crippen MR) is 124 cm³/mol. The Bertz CT molecular complexity index is 1220. The summed E-state index contributed by atoms with van der Waals surface area (Å²) in [5, 5.41) is 5.13. The number of aromatic nitrogens is 3. The second-order valence-electron chi connectivity index (χ2n) is 8.33. The molecular weight excluding hydrogens is 418 g/mol. The number of methoxy groups -OCH3 is 1. The number of piperazine rings is 1. The molecule has 3 heterocycles. The van der Waals surface area contributed by atoms with Gasteiger partial charge in [0.05, 0.1) is 6.42 Å². The van der Waals surface area contributed by atoms with E-state index in [4.69, 9.17) is 9.26 Å². The van der Waals surface area contributed by atoms with Gasteiger partial charge in [-0.05, 0) is 17.2 Å². The number of rotatable bonds is 7. The van der Waals surface area contributed by atoms with Gasteiger partial charge in [-0.1, -0.05) is 47.6 Å². The molecule has 0 bridgehead atoms. The molecule has 0 radical (unpaired) electrons. The summed E-state index contributed by atoms with van der Waals surface area (Å²) in [6, 6.07) is 16.3. The molecule has 0 aliphatic carbocycles. The number of ether oxygens (including phenoxy) is 1. The molecule has 8 heteroatoms. The van der Waals surface area contributed by atoms with Crippen molar-refractivity contribution >= 4 is 16.8 Å². The number of para-hydroxylation sites is 1. The Kier molecular flexibility index (Phi) is 6.19. The fourth-order valence-electron chi connectivity index (χ4n) is 4.28. The molecule has 0 atom stereocenters. The van der Waals surface area contributed by atoms with E-state index in [0.29, 0.717) is 24.7 Å². The molecule has 1 aliphatic heterocycles. The summed E-state index contributed by atoms with van der Waals surface area (Å²) in [4.78, 5) is 24.8. The monoisotopic (exact) mass is 445 g/mol. The normalized spacial score (nSPS) is 14.8. The maximum atomic E-state index is 12.9. The fraction of sp³-hybridized carbons (Fsp3) is 0.320. The fourth-order valence-corrected chi connectivity index (χ4v) is 4.28. The summed E-state index contributed by atoms with van der Waals surface area (Å²) in [6.07, 6.45) is 2.39. The number of nitrogens with one attached hydrogen (secondary N) is 1. The summed E-state index contributed by atoms with van der Waals surface area (Å²) in [6.45, 7) is 4.40. The smallest absolute Gasteiger partial charge is 0.252 e. The quantitative estimate of drug-likeness (QED) is 0.470. The van der Waals surface area contributed by atoms with E-state index in [1.165, 1.54) is 5.56 Å².